The molecule has 32 heavy (non-hydrogen) atoms. The van der Waals surface area contributed by atoms with E-state index in [1.165, 1.54) is 22.7 Å². The number of thiazole rings is 2. The fourth-order valence-electron chi connectivity index (χ4n) is 3.05. The number of rotatable bonds is 8. The molecule has 1 amide bonds. The standard InChI is InChI=1S/C23H21N3O4S2/c1-28-16-6-4-14(5-7-16)22-24-15(12-31-22)10-21(27)26-23-25-19(13-32-23)18-11-17(29-2)8-9-20(18)30-3/h4-9,11-13H,10H2,1-3H3,(H,25,26,27). The van der Waals surface area contributed by atoms with E-state index in [4.69, 9.17) is 14.2 Å². The Bertz CT molecular complexity index is 1220. The maximum atomic E-state index is 12.5. The number of methoxy groups -OCH3 is 3. The Labute approximate surface area is 193 Å². The molecule has 0 bridgehead atoms. The van der Waals surface area contributed by atoms with Gasteiger partial charge in [-0.05, 0) is 42.5 Å². The van der Waals surface area contributed by atoms with Gasteiger partial charge < -0.3 is 19.5 Å². The summed E-state index contributed by atoms with van der Waals surface area (Å²) in [7, 11) is 4.85. The molecule has 0 aliphatic carbocycles. The number of aromatic nitrogens is 2. The number of hydrogen-bond donors (Lipinski definition) is 1. The van der Waals surface area contributed by atoms with Gasteiger partial charge in [-0.15, -0.1) is 22.7 Å². The lowest BCUT2D eigenvalue weighted by Crippen LogP contribution is -2.14. The van der Waals surface area contributed by atoms with Crippen LogP contribution in [0.5, 0.6) is 17.2 Å². The third-order valence-corrected chi connectivity index (χ3v) is 6.36. The van der Waals surface area contributed by atoms with E-state index in [0.717, 1.165) is 21.9 Å². The third-order valence-electron chi connectivity index (χ3n) is 4.66. The summed E-state index contributed by atoms with van der Waals surface area (Å²) >= 11 is 2.85. The van der Waals surface area contributed by atoms with E-state index >= 15 is 0 Å². The Balaban J connectivity index is 1.42. The minimum Gasteiger partial charge on any atom is -0.497 e. The van der Waals surface area contributed by atoms with Crippen LogP contribution in [0.2, 0.25) is 0 Å². The molecular formula is C23H21N3O4S2. The number of benzene rings is 2. The predicted octanol–water partition coefficient (Wildman–Crippen LogP) is 5.14. The monoisotopic (exact) mass is 467 g/mol. The van der Waals surface area contributed by atoms with Crippen LogP contribution in [0.1, 0.15) is 5.69 Å². The SMILES string of the molecule is COc1ccc(-c2nc(CC(=O)Nc3nc(-c4cc(OC)ccc4OC)cs3)cs2)cc1. The number of nitrogens with zero attached hydrogens (tertiary/aromatic N) is 2. The smallest absolute Gasteiger partial charge is 0.232 e. The van der Waals surface area contributed by atoms with Crippen molar-refractivity contribution in [1.29, 1.82) is 0 Å². The van der Waals surface area contributed by atoms with E-state index in [0.29, 0.717) is 28.0 Å². The van der Waals surface area contributed by atoms with Gasteiger partial charge in [-0.25, -0.2) is 9.97 Å². The van der Waals surface area contributed by atoms with Gasteiger partial charge in [0.05, 0.1) is 39.1 Å². The van der Waals surface area contributed by atoms with Crippen LogP contribution in [-0.4, -0.2) is 37.2 Å². The van der Waals surface area contributed by atoms with Crippen molar-refractivity contribution < 1.29 is 19.0 Å². The molecule has 7 nitrogen and oxygen atoms in total. The van der Waals surface area contributed by atoms with E-state index in [2.05, 4.69) is 15.3 Å². The highest BCUT2D eigenvalue weighted by atomic mass is 32.1. The van der Waals surface area contributed by atoms with Gasteiger partial charge in [0.15, 0.2) is 5.13 Å². The number of carbonyl (C=O) groups is 1. The van der Waals surface area contributed by atoms with Crippen LogP contribution in [0.4, 0.5) is 5.13 Å². The Morgan fingerprint density at radius 1 is 0.906 bits per heavy atom. The summed E-state index contributed by atoms with van der Waals surface area (Å²) in [5, 5.41) is 8.00. The van der Waals surface area contributed by atoms with Crippen molar-refractivity contribution in [2.45, 2.75) is 6.42 Å². The summed E-state index contributed by atoms with van der Waals surface area (Å²) in [4.78, 5) is 21.7. The van der Waals surface area contributed by atoms with Crippen molar-refractivity contribution in [2.24, 2.45) is 0 Å². The Hall–Kier alpha value is -3.43. The van der Waals surface area contributed by atoms with Gasteiger partial charge in [-0.2, -0.15) is 0 Å². The van der Waals surface area contributed by atoms with E-state index in [-0.39, 0.29) is 12.3 Å². The second-order valence-electron chi connectivity index (χ2n) is 6.70. The largest absolute Gasteiger partial charge is 0.497 e. The molecule has 0 radical (unpaired) electrons. The molecule has 1 N–H and O–H groups in total. The van der Waals surface area contributed by atoms with E-state index in [1.807, 2.05) is 53.2 Å². The van der Waals surface area contributed by atoms with Crippen molar-refractivity contribution in [3.63, 3.8) is 0 Å². The van der Waals surface area contributed by atoms with Gasteiger partial charge in [-0.1, -0.05) is 0 Å². The molecule has 0 unspecified atom stereocenters. The van der Waals surface area contributed by atoms with Crippen molar-refractivity contribution in [1.82, 2.24) is 9.97 Å². The van der Waals surface area contributed by atoms with E-state index in [9.17, 15) is 4.79 Å². The Morgan fingerprint density at radius 2 is 1.66 bits per heavy atom. The molecule has 0 saturated heterocycles. The van der Waals surface area contributed by atoms with Gasteiger partial charge in [-0.3, -0.25) is 4.79 Å². The normalized spacial score (nSPS) is 10.6. The van der Waals surface area contributed by atoms with E-state index in [1.54, 1.807) is 21.3 Å². The second kappa shape index (κ2) is 9.80. The summed E-state index contributed by atoms with van der Waals surface area (Å²) in [6, 6.07) is 13.2. The highest BCUT2D eigenvalue weighted by Crippen LogP contribution is 2.35. The number of hydrogen-bond acceptors (Lipinski definition) is 8. The fraction of sp³-hybridized carbons (Fsp3) is 0.174. The Morgan fingerprint density at radius 3 is 2.38 bits per heavy atom. The zero-order chi connectivity index (χ0) is 22.5. The van der Waals surface area contributed by atoms with Gasteiger partial charge in [0.25, 0.3) is 0 Å². The Kier molecular flexibility index (Phi) is 6.67. The highest BCUT2D eigenvalue weighted by Gasteiger charge is 2.14. The summed E-state index contributed by atoms with van der Waals surface area (Å²) in [5.41, 5.74) is 3.20. The van der Waals surface area contributed by atoms with Crippen LogP contribution in [0, 0.1) is 0 Å². The van der Waals surface area contributed by atoms with E-state index < -0.39 is 0 Å². The van der Waals surface area contributed by atoms with Crippen molar-refractivity contribution >= 4 is 33.7 Å². The van der Waals surface area contributed by atoms with Crippen LogP contribution < -0.4 is 19.5 Å². The summed E-state index contributed by atoms with van der Waals surface area (Å²) in [6.07, 6.45) is 0.171. The first kappa shape index (κ1) is 21.8. The van der Waals surface area contributed by atoms with Crippen LogP contribution >= 0.6 is 22.7 Å². The number of carbonyl (C=O) groups excluding carboxylic acids is 1. The predicted molar refractivity (Wildman–Crippen MR) is 127 cm³/mol. The third kappa shape index (κ3) is 4.90. The molecule has 9 heteroatoms. The maximum absolute atomic E-state index is 12.5. The molecule has 2 aromatic heterocycles. The first-order valence-corrected chi connectivity index (χ1v) is 11.4. The van der Waals surface area contributed by atoms with Gasteiger partial charge >= 0.3 is 0 Å². The van der Waals surface area contributed by atoms with Crippen molar-refractivity contribution in [3.8, 4) is 39.1 Å². The molecule has 0 fully saturated rings. The molecule has 2 aromatic carbocycles. The van der Waals surface area contributed by atoms with Gasteiger partial charge in [0.1, 0.15) is 22.3 Å². The molecule has 0 saturated carbocycles. The molecule has 2 heterocycles. The van der Waals surface area contributed by atoms with Crippen LogP contribution in [0.15, 0.2) is 53.2 Å². The van der Waals surface area contributed by atoms with Gasteiger partial charge in [0.2, 0.25) is 5.91 Å². The lowest BCUT2D eigenvalue weighted by Gasteiger charge is -2.08. The molecule has 164 valence electrons. The first-order chi connectivity index (χ1) is 15.6. The average Bonchev–Trinajstić information content (AvgIpc) is 3.48. The summed E-state index contributed by atoms with van der Waals surface area (Å²) < 4.78 is 15.9. The molecule has 0 atom stereocenters. The minimum atomic E-state index is -0.171. The lowest BCUT2D eigenvalue weighted by molar-refractivity contribution is -0.115. The summed E-state index contributed by atoms with van der Waals surface area (Å²) in [5.74, 6) is 2.01. The molecule has 4 aromatic rings. The highest BCUT2D eigenvalue weighted by molar-refractivity contribution is 7.14. The van der Waals surface area contributed by atoms with Crippen molar-refractivity contribution in [3.05, 3.63) is 58.9 Å². The number of ether oxygens (including phenoxy) is 3. The lowest BCUT2D eigenvalue weighted by atomic mass is 10.1. The van der Waals surface area contributed by atoms with Crippen LogP contribution in [0.3, 0.4) is 0 Å². The molecule has 0 spiro atoms. The summed E-state index contributed by atoms with van der Waals surface area (Å²) in [6.45, 7) is 0. The first-order valence-electron chi connectivity index (χ1n) is 9.66. The zero-order valence-corrected chi connectivity index (χ0v) is 19.4. The zero-order valence-electron chi connectivity index (χ0n) is 17.7. The maximum Gasteiger partial charge on any atom is 0.232 e. The number of amides is 1. The molecule has 0 aliphatic rings. The molecule has 0 aliphatic heterocycles. The number of anilines is 1. The minimum absolute atomic E-state index is 0.171. The molecule has 4 rings (SSSR count). The topological polar surface area (TPSA) is 82.6 Å². The average molecular weight is 468 g/mol. The van der Waals surface area contributed by atoms with Crippen molar-refractivity contribution in [2.75, 3.05) is 26.6 Å². The second-order valence-corrected chi connectivity index (χ2v) is 8.42. The van der Waals surface area contributed by atoms with Crippen LogP contribution in [-0.2, 0) is 11.2 Å². The fourth-order valence-corrected chi connectivity index (χ4v) is 4.60. The van der Waals surface area contributed by atoms with Gasteiger partial charge in [0, 0.05) is 21.9 Å². The quantitative estimate of drug-likeness (QED) is 0.386. The van der Waals surface area contributed by atoms with Crippen LogP contribution in [0.25, 0.3) is 21.8 Å². The molecular weight excluding hydrogens is 446 g/mol. The number of nitrogens with one attached hydrogen (secondary N) is 1.